The second-order valence-corrected chi connectivity index (χ2v) is 6.74. The number of hydrogen-bond donors (Lipinski definition) is 2. The summed E-state index contributed by atoms with van der Waals surface area (Å²) in [5.41, 5.74) is 5.88. The van der Waals surface area contributed by atoms with Gasteiger partial charge in [-0.25, -0.2) is 0 Å². The molecule has 0 saturated carbocycles. The van der Waals surface area contributed by atoms with Crippen LogP contribution in [0, 0.1) is 0 Å². The van der Waals surface area contributed by atoms with Crippen LogP contribution in [0.5, 0.6) is 0 Å². The van der Waals surface area contributed by atoms with Gasteiger partial charge in [-0.2, -0.15) is 8.42 Å². The largest absolute Gasteiger partial charge is 0.368 e. The molecule has 0 spiro atoms. The van der Waals surface area contributed by atoms with E-state index >= 15 is 0 Å². The van der Waals surface area contributed by atoms with Crippen LogP contribution >= 0.6 is 0 Å². The summed E-state index contributed by atoms with van der Waals surface area (Å²) in [4.78, 5) is 13.4. The van der Waals surface area contributed by atoms with E-state index in [1.54, 1.807) is 18.2 Å². The number of hydrogen-bond acceptors (Lipinski definition) is 5. The zero-order chi connectivity index (χ0) is 15.0. The maximum atomic E-state index is 12.1. The molecule has 1 aromatic carbocycles. The van der Waals surface area contributed by atoms with Crippen LogP contribution in [0.25, 0.3) is 0 Å². The van der Waals surface area contributed by atoms with Crippen molar-refractivity contribution >= 4 is 27.5 Å². The van der Waals surface area contributed by atoms with Gasteiger partial charge in [0, 0.05) is 0 Å². The van der Waals surface area contributed by atoms with Gasteiger partial charge in [0.25, 0.3) is 10.0 Å². The highest BCUT2D eigenvalue weighted by molar-refractivity contribution is 7.90. The van der Waals surface area contributed by atoms with Gasteiger partial charge in [0.05, 0.1) is 18.3 Å². The minimum absolute atomic E-state index is 0.168. The second-order valence-electron chi connectivity index (χ2n) is 5.17. The van der Waals surface area contributed by atoms with E-state index in [-0.39, 0.29) is 23.4 Å². The maximum absolute atomic E-state index is 12.1. The third-order valence-corrected chi connectivity index (χ3v) is 5.09. The van der Waals surface area contributed by atoms with Crippen LogP contribution < -0.4 is 11.1 Å². The van der Waals surface area contributed by atoms with Crippen LogP contribution in [0.1, 0.15) is 12.8 Å². The molecule has 112 valence electrons. The first kappa shape index (κ1) is 14.0. The fourth-order valence-corrected chi connectivity index (χ4v) is 3.91. The van der Waals surface area contributed by atoms with Crippen molar-refractivity contribution in [2.24, 2.45) is 10.1 Å². The van der Waals surface area contributed by atoms with Crippen molar-refractivity contribution in [1.82, 2.24) is 4.90 Å². The lowest BCUT2D eigenvalue weighted by atomic mass is 10.2. The summed E-state index contributed by atoms with van der Waals surface area (Å²) in [6.45, 7) is 0.969. The lowest BCUT2D eigenvalue weighted by Gasteiger charge is -2.25. The molecule has 0 aliphatic carbocycles. The zero-order valence-corrected chi connectivity index (χ0v) is 12.1. The molecule has 2 heterocycles. The number of fused-ring (bicyclic) bond motifs is 1. The monoisotopic (exact) mass is 308 g/mol. The number of primary amides is 1. The Hall–Kier alpha value is -1.93. The first-order valence-corrected chi connectivity index (χ1v) is 8.14. The molecular weight excluding hydrogens is 292 g/mol. The van der Waals surface area contributed by atoms with E-state index in [1.807, 2.05) is 4.90 Å². The third-order valence-electron chi connectivity index (χ3n) is 3.72. The van der Waals surface area contributed by atoms with Gasteiger partial charge in [0.1, 0.15) is 10.7 Å². The van der Waals surface area contributed by atoms with Gasteiger partial charge in [-0.1, -0.05) is 12.1 Å². The van der Waals surface area contributed by atoms with Crippen LogP contribution in [0.2, 0.25) is 0 Å². The van der Waals surface area contributed by atoms with Crippen molar-refractivity contribution in [1.29, 1.82) is 0 Å². The molecule has 21 heavy (non-hydrogen) atoms. The van der Waals surface area contributed by atoms with Crippen molar-refractivity contribution in [2.75, 3.05) is 18.4 Å². The lowest BCUT2D eigenvalue weighted by Crippen LogP contribution is -2.44. The number of para-hydroxylation sites is 1. The van der Waals surface area contributed by atoms with Crippen LogP contribution in [0.15, 0.2) is 33.6 Å². The highest BCUT2D eigenvalue weighted by Gasteiger charge is 2.32. The number of sulfonamides is 1. The summed E-state index contributed by atoms with van der Waals surface area (Å²) in [6, 6.07) is 6.26. The van der Waals surface area contributed by atoms with Crippen molar-refractivity contribution < 1.29 is 13.2 Å². The minimum Gasteiger partial charge on any atom is -0.368 e. The number of nitrogens with two attached hydrogens (primary N) is 1. The third kappa shape index (κ3) is 2.64. The summed E-state index contributed by atoms with van der Waals surface area (Å²) >= 11 is 0. The van der Waals surface area contributed by atoms with Crippen LogP contribution in [-0.4, -0.2) is 44.2 Å². The number of nitrogens with zero attached hydrogens (tertiary/aromatic N) is 2. The van der Waals surface area contributed by atoms with Gasteiger partial charge in [-0.15, -0.1) is 4.40 Å². The molecule has 0 radical (unpaired) electrons. The van der Waals surface area contributed by atoms with Gasteiger partial charge in [-0.3, -0.25) is 9.69 Å². The smallest absolute Gasteiger partial charge is 0.286 e. The molecule has 1 fully saturated rings. The molecule has 0 aromatic heterocycles. The highest BCUT2D eigenvalue weighted by atomic mass is 32.2. The van der Waals surface area contributed by atoms with Crippen molar-refractivity contribution in [3.8, 4) is 0 Å². The Bertz CT molecular complexity index is 714. The average molecular weight is 308 g/mol. The van der Waals surface area contributed by atoms with Gasteiger partial charge in [0.2, 0.25) is 5.91 Å². The molecular formula is C13H16N4O3S. The van der Waals surface area contributed by atoms with Crippen molar-refractivity contribution in [2.45, 2.75) is 23.8 Å². The summed E-state index contributed by atoms with van der Waals surface area (Å²) in [5.74, 6) is -0.0611. The zero-order valence-electron chi connectivity index (χ0n) is 11.3. The standard InChI is InChI=1S/C13H16N4O3S/c14-13(18)10-5-3-7-17(10)8-12-15-9-4-1-2-6-11(9)21(19,20)16-12/h1-2,4,6,10H,3,5,7-8H2,(H2,14,18)(H,15,16). The number of benzene rings is 1. The Kier molecular flexibility index (Phi) is 3.42. The molecule has 1 saturated heterocycles. The molecule has 8 heteroatoms. The van der Waals surface area contributed by atoms with Crippen LogP contribution in [0.4, 0.5) is 5.69 Å². The molecule has 1 aromatic rings. The molecule has 2 aliphatic rings. The molecule has 1 atom stereocenters. The molecule has 3 rings (SSSR count). The van der Waals surface area contributed by atoms with Gasteiger partial charge in [0.15, 0.2) is 0 Å². The predicted octanol–water partition coefficient (Wildman–Crippen LogP) is 0.149. The van der Waals surface area contributed by atoms with E-state index in [0.29, 0.717) is 24.5 Å². The quantitative estimate of drug-likeness (QED) is 0.827. The molecule has 2 aliphatic heterocycles. The average Bonchev–Trinajstić information content (AvgIpc) is 2.86. The SMILES string of the molecule is NC(=O)C1CCCN1CC1=NS(=O)(=O)c2ccccc2N1. The number of carbonyl (C=O) groups excluding carboxylic acids is 1. The van der Waals surface area contributed by atoms with Crippen LogP contribution in [-0.2, 0) is 14.8 Å². The van der Waals surface area contributed by atoms with Crippen molar-refractivity contribution in [3.05, 3.63) is 24.3 Å². The lowest BCUT2D eigenvalue weighted by molar-refractivity contribution is -0.122. The van der Waals surface area contributed by atoms with Gasteiger partial charge in [-0.05, 0) is 31.5 Å². The minimum atomic E-state index is -3.69. The summed E-state index contributed by atoms with van der Waals surface area (Å²) in [6.07, 6.45) is 1.57. The Morgan fingerprint density at radius 3 is 2.95 bits per heavy atom. The summed E-state index contributed by atoms with van der Waals surface area (Å²) in [5, 5.41) is 3.02. The summed E-state index contributed by atoms with van der Waals surface area (Å²) < 4.78 is 28.1. The Morgan fingerprint density at radius 2 is 2.19 bits per heavy atom. The molecule has 7 nitrogen and oxygen atoms in total. The second kappa shape index (κ2) is 5.12. The fourth-order valence-electron chi connectivity index (χ4n) is 2.77. The molecule has 1 amide bonds. The van der Waals surface area contributed by atoms with Crippen LogP contribution in [0.3, 0.4) is 0 Å². The van der Waals surface area contributed by atoms with Gasteiger partial charge >= 0.3 is 0 Å². The highest BCUT2D eigenvalue weighted by Crippen LogP contribution is 2.27. The first-order chi connectivity index (χ1) is 9.97. The van der Waals surface area contributed by atoms with E-state index in [0.717, 1.165) is 6.42 Å². The molecule has 3 N–H and O–H groups in total. The predicted molar refractivity (Wildman–Crippen MR) is 78.5 cm³/mol. The topological polar surface area (TPSA) is 105 Å². The number of anilines is 1. The number of rotatable bonds is 3. The number of amidine groups is 1. The Morgan fingerprint density at radius 1 is 1.43 bits per heavy atom. The van der Waals surface area contributed by atoms with E-state index in [9.17, 15) is 13.2 Å². The molecule has 0 bridgehead atoms. The van der Waals surface area contributed by atoms with E-state index < -0.39 is 10.0 Å². The van der Waals surface area contributed by atoms with E-state index in [4.69, 9.17) is 5.73 Å². The summed E-state index contributed by atoms with van der Waals surface area (Å²) in [7, 11) is -3.69. The Balaban J connectivity index is 1.85. The van der Waals surface area contributed by atoms with Gasteiger partial charge < -0.3 is 11.1 Å². The van der Waals surface area contributed by atoms with E-state index in [1.165, 1.54) is 6.07 Å². The van der Waals surface area contributed by atoms with Crippen molar-refractivity contribution in [3.63, 3.8) is 0 Å². The normalized spacial score (nSPS) is 24.0. The number of carbonyl (C=O) groups is 1. The van der Waals surface area contributed by atoms with E-state index in [2.05, 4.69) is 9.71 Å². The number of nitrogens with one attached hydrogen (secondary N) is 1. The number of likely N-dealkylation sites (tertiary alicyclic amines) is 1. The Labute approximate surface area is 122 Å². The fraction of sp³-hybridized carbons (Fsp3) is 0.385. The maximum Gasteiger partial charge on any atom is 0.286 e. The number of amides is 1. The first-order valence-electron chi connectivity index (χ1n) is 6.70. The molecule has 1 unspecified atom stereocenters.